The number of nitrogens with zero attached hydrogens (tertiary/aromatic N) is 1. The summed E-state index contributed by atoms with van der Waals surface area (Å²) in [6.07, 6.45) is 0.213. The highest BCUT2D eigenvalue weighted by Gasteiger charge is 2.35. The molecule has 112 valence electrons. The van der Waals surface area contributed by atoms with E-state index in [9.17, 15) is 14.4 Å². The molecule has 1 aromatic rings. The molecule has 0 saturated heterocycles. The molecule has 0 atom stereocenters. The normalized spacial score (nSPS) is 16.5. The fourth-order valence-electron chi connectivity index (χ4n) is 2.64. The van der Waals surface area contributed by atoms with Gasteiger partial charge in [-0.3, -0.25) is 14.4 Å². The van der Waals surface area contributed by atoms with Gasteiger partial charge >= 0.3 is 5.97 Å². The molecule has 0 spiro atoms. The summed E-state index contributed by atoms with van der Waals surface area (Å²) in [6, 6.07) is 5.22. The number of ketones is 1. The van der Waals surface area contributed by atoms with Crippen LogP contribution in [0, 0.1) is 0 Å². The lowest BCUT2D eigenvalue weighted by Crippen LogP contribution is -2.39. The van der Waals surface area contributed by atoms with E-state index in [4.69, 9.17) is 5.11 Å². The van der Waals surface area contributed by atoms with Gasteiger partial charge in [0.15, 0.2) is 5.78 Å². The Morgan fingerprint density at radius 3 is 2.57 bits per heavy atom. The van der Waals surface area contributed by atoms with E-state index in [1.807, 2.05) is 13.8 Å². The van der Waals surface area contributed by atoms with Gasteiger partial charge in [-0.25, -0.2) is 0 Å². The minimum atomic E-state index is -0.980. The van der Waals surface area contributed by atoms with E-state index < -0.39 is 5.97 Å². The van der Waals surface area contributed by atoms with Gasteiger partial charge in [0.1, 0.15) is 0 Å². The molecular formula is C16H19NO4. The second-order valence-corrected chi connectivity index (χ2v) is 6.06. The molecular weight excluding hydrogens is 270 g/mol. The Morgan fingerprint density at radius 1 is 1.29 bits per heavy atom. The molecule has 1 N–H and O–H groups in total. The topological polar surface area (TPSA) is 74.7 Å². The first kappa shape index (κ1) is 15.2. The number of carbonyl (C=O) groups is 3. The van der Waals surface area contributed by atoms with E-state index in [0.29, 0.717) is 12.0 Å². The van der Waals surface area contributed by atoms with Crippen LogP contribution in [0.15, 0.2) is 18.2 Å². The molecule has 1 amide bonds. The Kier molecular flexibility index (Phi) is 3.85. The summed E-state index contributed by atoms with van der Waals surface area (Å²) in [5.41, 5.74) is 1.93. The maximum Gasteiger partial charge on any atom is 0.303 e. The second kappa shape index (κ2) is 5.31. The molecule has 5 nitrogen and oxygen atoms in total. The number of carboxylic acid groups (broad SMARTS) is 1. The predicted molar refractivity (Wildman–Crippen MR) is 78.7 cm³/mol. The van der Waals surface area contributed by atoms with E-state index in [2.05, 4.69) is 0 Å². The number of Topliss-reactive ketones (excluding diaryl/α,β-unsaturated/α-hetero) is 1. The molecule has 0 aromatic heterocycles. The lowest BCUT2D eigenvalue weighted by atomic mass is 9.76. The minimum Gasteiger partial charge on any atom is -0.481 e. The van der Waals surface area contributed by atoms with Crippen LogP contribution in [-0.2, 0) is 15.0 Å². The van der Waals surface area contributed by atoms with Crippen LogP contribution in [0.3, 0.4) is 0 Å². The van der Waals surface area contributed by atoms with Gasteiger partial charge in [0, 0.05) is 36.6 Å². The van der Waals surface area contributed by atoms with Crippen molar-refractivity contribution in [2.24, 2.45) is 0 Å². The first-order valence-corrected chi connectivity index (χ1v) is 6.88. The number of carboxylic acids is 1. The smallest absolute Gasteiger partial charge is 0.303 e. The van der Waals surface area contributed by atoms with E-state index in [-0.39, 0.29) is 29.9 Å². The van der Waals surface area contributed by atoms with Crippen LogP contribution in [0.5, 0.6) is 0 Å². The highest BCUT2D eigenvalue weighted by Crippen LogP contribution is 2.40. The zero-order chi connectivity index (χ0) is 15.8. The maximum absolute atomic E-state index is 12.0. The average molecular weight is 289 g/mol. The molecule has 0 fully saturated rings. The molecule has 21 heavy (non-hydrogen) atoms. The van der Waals surface area contributed by atoms with E-state index in [0.717, 1.165) is 11.3 Å². The summed E-state index contributed by atoms with van der Waals surface area (Å²) in [7, 11) is 1.72. The minimum absolute atomic E-state index is 0.0106. The van der Waals surface area contributed by atoms with Crippen molar-refractivity contribution in [2.45, 2.75) is 38.5 Å². The van der Waals surface area contributed by atoms with Crippen molar-refractivity contribution in [1.82, 2.24) is 0 Å². The van der Waals surface area contributed by atoms with Crippen LogP contribution < -0.4 is 4.90 Å². The van der Waals surface area contributed by atoms with E-state index in [1.165, 1.54) is 0 Å². The van der Waals surface area contributed by atoms with Crippen molar-refractivity contribution in [3.8, 4) is 0 Å². The second-order valence-electron chi connectivity index (χ2n) is 6.06. The standard InChI is InChI=1S/C16H19NO4/c1-16(2)9-14(19)17(3)12-5-4-10(8-11(12)16)13(18)6-7-15(20)21/h4-5,8H,6-7,9H2,1-3H3,(H,20,21). The molecule has 2 rings (SSSR count). The largest absolute Gasteiger partial charge is 0.481 e. The monoisotopic (exact) mass is 289 g/mol. The molecule has 1 aliphatic rings. The Balaban J connectivity index is 2.36. The SMILES string of the molecule is CN1C(=O)CC(C)(C)c2cc(C(=O)CCC(=O)O)ccc21. The number of anilines is 1. The number of amides is 1. The van der Waals surface area contributed by atoms with E-state index in [1.54, 1.807) is 30.1 Å². The Hall–Kier alpha value is -2.17. The van der Waals surface area contributed by atoms with Gasteiger partial charge in [-0.15, -0.1) is 0 Å². The molecule has 0 saturated carbocycles. The third kappa shape index (κ3) is 2.96. The third-order valence-corrected chi connectivity index (χ3v) is 3.94. The number of hydrogen-bond acceptors (Lipinski definition) is 3. The maximum atomic E-state index is 12.0. The fourth-order valence-corrected chi connectivity index (χ4v) is 2.64. The number of carbonyl (C=O) groups excluding carboxylic acids is 2. The van der Waals surface area contributed by atoms with Gasteiger partial charge in [0.2, 0.25) is 5.91 Å². The average Bonchev–Trinajstić information content (AvgIpc) is 2.41. The van der Waals surface area contributed by atoms with E-state index >= 15 is 0 Å². The quantitative estimate of drug-likeness (QED) is 0.864. The Bertz CT molecular complexity index is 619. The van der Waals surface area contributed by atoms with Crippen molar-refractivity contribution in [3.05, 3.63) is 29.3 Å². The van der Waals surface area contributed by atoms with Gasteiger partial charge < -0.3 is 10.0 Å². The van der Waals surface area contributed by atoms with Crippen molar-refractivity contribution < 1.29 is 19.5 Å². The van der Waals surface area contributed by atoms with Gasteiger partial charge in [-0.05, 0) is 23.8 Å². The van der Waals surface area contributed by atoms with Crippen molar-refractivity contribution >= 4 is 23.3 Å². The van der Waals surface area contributed by atoms with Crippen LogP contribution in [-0.4, -0.2) is 29.8 Å². The lowest BCUT2D eigenvalue weighted by molar-refractivity contribution is -0.137. The Labute approximate surface area is 123 Å². The summed E-state index contributed by atoms with van der Waals surface area (Å²) < 4.78 is 0. The number of fused-ring (bicyclic) bond motifs is 1. The lowest BCUT2D eigenvalue weighted by Gasteiger charge is -2.37. The van der Waals surface area contributed by atoms with Crippen LogP contribution in [0.4, 0.5) is 5.69 Å². The summed E-state index contributed by atoms with van der Waals surface area (Å²) in [5.74, 6) is -1.11. The molecule has 5 heteroatoms. The van der Waals surface area contributed by atoms with Gasteiger partial charge in [0.25, 0.3) is 0 Å². The van der Waals surface area contributed by atoms with Gasteiger partial charge in [-0.1, -0.05) is 13.8 Å². The Morgan fingerprint density at radius 2 is 1.95 bits per heavy atom. The molecule has 0 aliphatic carbocycles. The van der Waals surface area contributed by atoms with Gasteiger partial charge in [-0.2, -0.15) is 0 Å². The number of rotatable bonds is 4. The van der Waals surface area contributed by atoms with Crippen LogP contribution >= 0.6 is 0 Å². The molecule has 1 aromatic carbocycles. The summed E-state index contributed by atoms with van der Waals surface area (Å²) in [4.78, 5) is 36.2. The third-order valence-electron chi connectivity index (χ3n) is 3.94. The molecule has 1 heterocycles. The molecule has 0 radical (unpaired) electrons. The summed E-state index contributed by atoms with van der Waals surface area (Å²) in [6.45, 7) is 3.95. The molecule has 0 bridgehead atoms. The van der Waals surface area contributed by atoms with Crippen LogP contribution in [0.25, 0.3) is 0 Å². The van der Waals surface area contributed by atoms with Crippen LogP contribution in [0.2, 0.25) is 0 Å². The molecule has 0 unspecified atom stereocenters. The first-order valence-electron chi connectivity index (χ1n) is 6.88. The van der Waals surface area contributed by atoms with Crippen LogP contribution in [0.1, 0.15) is 49.0 Å². The highest BCUT2D eigenvalue weighted by atomic mass is 16.4. The predicted octanol–water partition coefficient (Wildman–Crippen LogP) is 2.38. The first-order chi connectivity index (χ1) is 9.72. The van der Waals surface area contributed by atoms with Gasteiger partial charge in [0.05, 0.1) is 6.42 Å². The summed E-state index contributed by atoms with van der Waals surface area (Å²) in [5, 5.41) is 8.65. The number of hydrogen-bond donors (Lipinski definition) is 1. The highest BCUT2D eigenvalue weighted by molar-refractivity contribution is 6.01. The van der Waals surface area contributed by atoms with Crippen molar-refractivity contribution in [2.75, 3.05) is 11.9 Å². The molecule has 1 aliphatic heterocycles. The summed E-state index contributed by atoms with van der Waals surface area (Å²) >= 11 is 0. The fraction of sp³-hybridized carbons (Fsp3) is 0.438. The van der Waals surface area contributed by atoms with Crippen molar-refractivity contribution in [3.63, 3.8) is 0 Å². The zero-order valence-electron chi connectivity index (χ0n) is 12.5. The number of aliphatic carboxylic acids is 1. The zero-order valence-corrected chi connectivity index (χ0v) is 12.5. The van der Waals surface area contributed by atoms with Crippen molar-refractivity contribution in [1.29, 1.82) is 0 Å². The number of benzene rings is 1.